The maximum Gasteiger partial charge on any atom is 0.389 e. The summed E-state index contributed by atoms with van der Waals surface area (Å²) >= 11 is 0. The Balaban J connectivity index is 2.55. The van der Waals surface area contributed by atoms with Crippen molar-refractivity contribution < 1.29 is 17.9 Å². The quantitative estimate of drug-likeness (QED) is 0.797. The summed E-state index contributed by atoms with van der Waals surface area (Å²) in [5.41, 5.74) is 5.76. The van der Waals surface area contributed by atoms with Crippen LogP contribution in [-0.2, 0) is 4.74 Å². The highest BCUT2D eigenvalue weighted by Crippen LogP contribution is 2.38. The summed E-state index contributed by atoms with van der Waals surface area (Å²) in [5, 5.41) is 0. The normalized spacial score (nSPS) is 30.3. The van der Waals surface area contributed by atoms with E-state index in [0.717, 1.165) is 25.7 Å². The van der Waals surface area contributed by atoms with E-state index in [1.165, 1.54) is 0 Å². The fourth-order valence-corrected chi connectivity index (χ4v) is 3.19. The van der Waals surface area contributed by atoms with Gasteiger partial charge in [0, 0.05) is 19.1 Å². The average molecular weight is 281 g/mol. The number of halogens is 3. The van der Waals surface area contributed by atoms with Crippen LogP contribution in [0.2, 0.25) is 0 Å². The van der Waals surface area contributed by atoms with Crippen molar-refractivity contribution in [2.75, 3.05) is 6.61 Å². The first-order chi connectivity index (χ1) is 8.79. The van der Waals surface area contributed by atoms with Gasteiger partial charge in [-0.2, -0.15) is 13.2 Å². The van der Waals surface area contributed by atoms with E-state index < -0.39 is 18.2 Å². The van der Waals surface area contributed by atoms with Crippen molar-refractivity contribution in [3.8, 4) is 0 Å². The molecule has 1 aliphatic rings. The highest BCUT2D eigenvalue weighted by Gasteiger charge is 2.41. The lowest BCUT2D eigenvalue weighted by Gasteiger charge is -2.44. The SMILES string of the molecule is CCOC1(C(N)CCCC(F)(F)F)CCCC(C)C1. The summed E-state index contributed by atoms with van der Waals surface area (Å²) in [7, 11) is 0. The fraction of sp³-hybridized carbons (Fsp3) is 1.00. The fourth-order valence-electron chi connectivity index (χ4n) is 3.19. The number of hydrogen-bond donors (Lipinski definition) is 1. The number of alkyl halides is 3. The van der Waals surface area contributed by atoms with Crippen molar-refractivity contribution in [2.24, 2.45) is 11.7 Å². The molecule has 2 N–H and O–H groups in total. The molecule has 0 radical (unpaired) electrons. The zero-order valence-electron chi connectivity index (χ0n) is 11.9. The molecule has 0 saturated heterocycles. The summed E-state index contributed by atoms with van der Waals surface area (Å²) in [6, 6.07) is -0.294. The van der Waals surface area contributed by atoms with E-state index in [0.29, 0.717) is 18.9 Å². The first kappa shape index (κ1) is 16.8. The zero-order chi connectivity index (χ0) is 14.5. The Morgan fingerprint density at radius 1 is 1.42 bits per heavy atom. The first-order valence-electron chi connectivity index (χ1n) is 7.25. The van der Waals surface area contributed by atoms with Crippen molar-refractivity contribution in [3.05, 3.63) is 0 Å². The summed E-state index contributed by atoms with van der Waals surface area (Å²) in [6.45, 7) is 4.65. The van der Waals surface area contributed by atoms with Crippen molar-refractivity contribution in [1.82, 2.24) is 0 Å². The molecule has 1 fully saturated rings. The van der Waals surface area contributed by atoms with Gasteiger partial charge in [-0.1, -0.05) is 19.8 Å². The molecule has 1 saturated carbocycles. The average Bonchev–Trinajstić information content (AvgIpc) is 2.27. The largest absolute Gasteiger partial charge is 0.389 e. The van der Waals surface area contributed by atoms with Crippen molar-refractivity contribution in [2.45, 2.75) is 76.6 Å². The van der Waals surface area contributed by atoms with Crippen LogP contribution < -0.4 is 5.73 Å². The zero-order valence-corrected chi connectivity index (χ0v) is 11.9. The lowest BCUT2D eigenvalue weighted by atomic mass is 9.73. The van der Waals surface area contributed by atoms with E-state index in [2.05, 4.69) is 6.92 Å². The molecule has 3 atom stereocenters. The molecule has 0 aliphatic heterocycles. The summed E-state index contributed by atoms with van der Waals surface area (Å²) in [6.07, 6.45) is -0.415. The first-order valence-corrected chi connectivity index (χ1v) is 7.25. The third-order valence-electron chi connectivity index (χ3n) is 4.07. The number of hydrogen-bond acceptors (Lipinski definition) is 2. The van der Waals surface area contributed by atoms with Crippen LogP contribution in [0, 0.1) is 5.92 Å². The predicted molar refractivity (Wildman–Crippen MR) is 69.9 cm³/mol. The van der Waals surface area contributed by atoms with E-state index in [-0.39, 0.29) is 12.5 Å². The van der Waals surface area contributed by atoms with Gasteiger partial charge < -0.3 is 10.5 Å². The van der Waals surface area contributed by atoms with Gasteiger partial charge in [-0.3, -0.25) is 0 Å². The third kappa shape index (κ3) is 5.30. The van der Waals surface area contributed by atoms with Crippen LogP contribution in [-0.4, -0.2) is 24.4 Å². The molecule has 0 aromatic heterocycles. The molecule has 0 spiro atoms. The molecule has 3 unspecified atom stereocenters. The summed E-state index contributed by atoms with van der Waals surface area (Å²) in [5.74, 6) is 0.536. The van der Waals surface area contributed by atoms with Gasteiger partial charge in [0.2, 0.25) is 0 Å². The minimum atomic E-state index is -4.08. The molecule has 0 bridgehead atoms. The van der Waals surface area contributed by atoms with Gasteiger partial charge in [-0.05, 0) is 38.5 Å². The molecule has 0 amide bonds. The molecule has 0 heterocycles. The minimum absolute atomic E-state index is 0.0911. The van der Waals surface area contributed by atoms with E-state index in [1.807, 2.05) is 6.92 Å². The van der Waals surface area contributed by atoms with E-state index in [1.54, 1.807) is 0 Å². The Hall–Kier alpha value is -0.290. The predicted octanol–water partition coefficient (Wildman–Crippen LogP) is 4.03. The van der Waals surface area contributed by atoms with Crippen LogP contribution >= 0.6 is 0 Å². The molecular weight excluding hydrogens is 255 g/mol. The number of rotatable bonds is 6. The van der Waals surface area contributed by atoms with Crippen LogP contribution in [0.3, 0.4) is 0 Å². The Morgan fingerprint density at radius 2 is 2.11 bits per heavy atom. The van der Waals surface area contributed by atoms with E-state index >= 15 is 0 Å². The lowest BCUT2D eigenvalue weighted by Crippen LogP contribution is -2.52. The van der Waals surface area contributed by atoms with Gasteiger partial charge in [0.15, 0.2) is 0 Å². The van der Waals surface area contributed by atoms with Crippen molar-refractivity contribution in [1.29, 1.82) is 0 Å². The third-order valence-corrected chi connectivity index (χ3v) is 4.07. The Bertz CT molecular complexity index is 266. The van der Waals surface area contributed by atoms with Crippen LogP contribution in [0.4, 0.5) is 13.2 Å². The maximum absolute atomic E-state index is 12.2. The lowest BCUT2D eigenvalue weighted by molar-refractivity contribution is -0.138. The smallest absolute Gasteiger partial charge is 0.374 e. The van der Waals surface area contributed by atoms with Gasteiger partial charge in [0.25, 0.3) is 0 Å². The minimum Gasteiger partial charge on any atom is -0.374 e. The molecule has 19 heavy (non-hydrogen) atoms. The molecule has 5 heteroatoms. The Morgan fingerprint density at radius 3 is 2.63 bits per heavy atom. The van der Waals surface area contributed by atoms with E-state index in [9.17, 15) is 13.2 Å². The van der Waals surface area contributed by atoms with Gasteiger partial charge in [0.05, 0.1) is 5.60 Å². The van der Waals surface area contributed by atoms with Gasteiger partial charge in [-0.15, -0.1) is 0 Å². The summed E-state index contributed by atoms with van der Waals surface area (Å²) < 4.78 is 42.4. The van der Waals surface area contributed by atoms with Gasteiger partial charge in [-0.25, -0.2) is 0 Å². The second-order valence-corrected chi connectivity index (χ2v) is 5.81. The molecule has 1 aliphatic carbocycles. The topological polar surface area (TPSA) is 35.2 Å². The van der Waals surface area contributed by atoms with Gasteiger partial charge in [0.1, 0.15) is 0 Å². The highest BCUT2D eigenvalue weighted by molar-refractivity contribution is 4.95. The molecule has 114 valence electrons. The summed E-state index contributed by atoms with van der Waals surface area (Å²) in [4.78, 5) is 0. The Kier molecular flexibility index (Phi) is 6.12. The molecule has 1 rings (SSSR count). The van der Waals surface area contributed by atoms with Crippen molar-refractivity contribution in [3.63, 3.8) is 0 Å². The van der Waals surface area contributed by atoms with Crippen LogP contribution in [0.1, 0.15) is 58.8 Å². The van der Waals surface area contributed by atoms with Crippen LogP contribution in [0.25, 0.3) is 0 Å². The Labute approximate surface area is 113 Å². The number of ether oxygens (including phenoxy) is 1. The second-order valence-electron chi connectivity index (χ2n) is 5.81. The monoisotopic (exact) mass is 281 g/mol. The van der Waals surface area contributed by atoms with Crippen molar-refractivity contribution >= 4 is 0 Å². The van der Waals surface area contributed by atoms with Crippen LogP contribution in [0.15, 0.2) is 0 Å². The van der Waals surface area contributed by atoms with E-state index in [4.69, 9.17) is 10.5 Å². The van der Waals surface area contributed by atoms with Crippen LogP contribution in [0.5, 0.6) is 0 Å². The second kappa shape index (κ2) is 6.93. The number of nitrogens with two attached hydrogens (primary N) is 1. The van der Waals surface area contributed by atoms with Gasteiger partial charge >= 0.3 is 6.18 Å². The molecular formula is C14H26F3NO. The highest BCUT2D eigenvalue weighted by atomic mass is 19.4. The molecule has 0 aromatic rings. The molecule has 0 aromatic carbocycles. The maximum atomic E-state index is 12.2. The molecule has 2 nitrogen and oxygen atoms in total. The standard InChI is InChI=1S/C14H26F3NO/c1-3-19-13(8-4-6-11(2)10-13)12(18)7-5-9-14(15,16)17/h11-12H,3-10,18H2,1-2H3.